The number of benzene rings is 2. The number of nitrogens with zero attached hydrogens (tertiary/aromatic N) is 3. The number of hydrogen-bond donors (Lipinski definition) is 3. The van der Waals surface area contributed by atoms with Gasteiger partial charge in [0, 0.05) is 42.9 Å². The molecule has 4 fully saturated rings. The zero-order chi connectivity index (χ0) is 40.9. The van der Waals surface area contributed by atoms with Crippen molar-refractivity contribution in [3.8, 4) is 0 Å². The molecule has 0 spiro atoms. The molecule has 0 aromatic heterocycles. The van der Waals surface area contributed by atoms with Crippen LogP contribution < -0.4 is 15.4 Å². The maximum atomic E-state index is 14.7. The third-order valence-electron chi connectivity index (χ3n) is 11.7. The third kappa shape index (κ3) is 8.79. The molecule has 17 heteroatoms. The second kappa shape index (κ2) is 16.5. The summed E-state index contributed by atoms with van der Waals surface area (Å²) in [6.07, 6.45) is -0.122. The van der Waals surface area contributed by atoms with Gasteiger partial charge < -0.3 is 29.9 Å². The summed E-state index contributed by atoms with van der Waals surface area (Å²) in [7, 11) is -3.90. The number of fused-ring (bicyclic) bond motifs is 1. The van der Waals surface area contributed by atoms with Gasteiger partial charge in [-0.1, -0.05) is 53.7 Å². The maximum absolute atomic E-state index is 14.7. The van der Waals surface area contributed by atoms with Gasteiger partial charge in [-0.25, -0.2) is 17.6 Å². The fourth-order valence-corrected chi connectivity index (χ4v) is 9.40. The zero-order valence-corrected chi connectivity index (χ0v) is 33.5. The van der Waals surface area contributed by atoms with Gasteiger partial charge in [-0.15, -0.1) is 0 Å². The lowest BCUT2D eigenvalue weighted by atomic mass is 9.85. The van der Waals surface area contributed by atoms with E-state index in [9.17, 15) is 36.8 Å². The van der Waals surface area contributed by atoms with Crippen molar-refractivity contribution < 1.29 is 46.3 Å². The molecule has 316 valence electrons. The Labute approximate surface area is 339 Å². The van der Waals surface area contributed by atoms with Crippen molar-refractivity contribution in [2.45, 2.75) is 109 Å². The summed E-state index contributed by atoms with van der Waals surface area (Å²) in [5, 5.41) is 5.49. The van der Waals surface area contributed by atoms with Gasteiger partial charge >= 0.3 is 6.09 Å². The number of anilines is 1. The largest absolute Gasteiger partial charge is 0.444 e. The molecule has 58 heavy (non-hydrogen) atoms. The van der Waals surface area contributed by atoms with Crippen LogP contribution in [0.15, 0.2) is 42.5 Å². The molecule has 0 radical (unpaired) electrons. The highest BCUT2D eigenvalue weighted by Crippen LogP contribution is 2.47. The number of nitrogens with one attached hydrogen (secondary N) is 3. The molecular weight excluding hydrogens is 772 g/mol. The lowest BCUT2D eigenvalue weighted by Crippen LogP contribution is -2.58. The van der Waals surface area contributed by atoms with Gasteiger partial charge in [0.2, 0.25) is 21.8 Å². The minimum absolute atomic E-state index is 0. The number of sulfonamides is 1. The summed E-state index contributed by atoms with van der Waals surface area (Å²) in [5.41, 5.74) is -0.101. The summed E-state index contributed by atoms with van der Waals surface area (Å²) < 4.78 is 53.4. The molecule has 7 rings (SSSR count). The SMILES string of the molecule is C.CC[C@@H]1C[C@]1(NC(=O)[C@@H]1C[C@@H](OC(=O)N2Cc3cccc(F)c3C2)CN1C(=O)[C@@H](Nc1ccc(C(=O)N2CCOCC2)cc1)C(C)(C)C)C(=O)NS(=O)(=O)C1CC1. The first-order valence-corrected chi connectivity index (χ1v) is 21.2. The van der Waals surface area contributed by atoms with Crippen LogP contribution in [0.5, 0.6) is 0 Å². The summed E-state index contributed by atoms with van der Waals surface area (Å²) in [6, 6.07) is 9.33. The highest BCUT2D eigenvalue weighted by molar-refractivity contribution is 7.91. The minimum atomic E-state index is -3.90. The Morgan fingerprint density at radius 1 is 1.00 bits per heavy atom. The molecule has 3 aliphatic heterocycles. The maximum Gasteiger partial charge on any atom is 0.410 e. The Morgan fingerprint density at radius 2 is 1.69 bits per heavy atom. The number of morpholine rings is 1. The summed E-state index contributed by atoms with van der Waals surface area (Å²) in [6.45, 7) is 9.36. The Hall–Kier alpha value is -4.77. The molecule has 2 aromatic carbocycles. The van der Waals surface area contributed by atoms with E-state index < -0.39 is 74.0 Å². The van der Waals surface area contributed by atoms with Crippen molar-refractivity contribution in [3.05, 3.63) is 65.0 Å². The van der Waals surface area contributed by atoms with Gasteiger partial charge in [0.1, 0.15) is 29.5 Å². The van der Waals surface area contributed by atoms with Crippen molar-refractivity contribution in [2.24, 2.45) is 11.3 Å². The standard InChI is InChI=1S/C40H51FN6O9S.CH4/c1-5-26-20-40(26,37(51)44-57(53,54)29-13-14-29)43-34(48)32-19-28(56-38(52)46-21-25-7-6-8-31(41)30(25)23-46)22-47(32)36(50)33(39(2,3)4)42-27-11-9-24(10-12-27)35(49)45-15-17-55-18-16-45;/h6-12,26,28-29,32-33,42H,5,13-23H2,1-4H3,(H,43,48)(H,44,51);1H4/t26-,28-,32+,33-,40-;/m1./s1. The molecule has 2 aromatic rings. The number of hydrogen-bond acceptors (Lipinski definition) is 10. The van der Waals surface area contributed by atoms with Crippen LogP contribution in [0.2, 0.25) is 0 Å². The third-order valence-corrected chi connectivity index (χ3v) is 13.5. The molecule has 0 unspecified atom stereocenters. The van der Waals surface area contributed by atoms with E-state index in [1.807, 2.05) is 27.7 Å². The Balaban J connectivity index is 0.00000567. The van der Waals surface area contributed by atoms with Crippen molar-refractivity contribution in [1.82, 2.24) is 24.7 Å². The van der Waals surface area contributed by atoms with Crippen LogP contribution in [0.25, 0.3) is 0 Å². The molecule has 3 N–H and O–H groups in total. The summed E-state index contributed by atoms with van der Waals surface area (Å²) in [5.74, 6) is -2.83. The van der Waals surface area contributed by atoms with Gasteiger partial charge in [0.25, 0.3) is 11.8 Å². The van der Waals surface area contributed by atoms with Crippen molar-refractivity contribution in [1.29, 1.82) is 0 Å². The van der Waals surface area contributed by atoms with E-state index in [-0.39, 0.29) is 51.7 Å². The average molecular weight is 827 g/mol. The molecule has 3 heterocycles. The molecule has 2 saturated heterocycles. The van der Waals surface area contributed by atoms with Crippen LogP contribution in [0.1, 0.15) is 88.7 Å². The number of likely N-dealkylation sites (tertiary alicyclic amines) is 1. The van der Waals surface area contributed by atoms with Crippen LogP contribution in [0, 0.1) is 17.2 Å². The first kappa shape index (κ1) is 42.8. The number of ether oxygens (including phenoxy) is 2. The smallest absolute Gasteiger partial charge is 0.410 e. The van der Waals surface area contributed by atoms with Gasteiger partial charge in [-0.05, 0) is 66.5 Å². The van der Waals surface area contributed by atoms with Gasteiger partial charge in [-0.3, -0.25) is 28.8 Å². The predicted octanol–water partition coefficient (Wildman–Crippen LogP) is 3.78. The van der Waals surface area contributed by atoms with E-state index in [1.54, 1.807) is 41.3 Å². The highest BCUT2D eigenvalue weighted by Gasteiger charge is 2.62. The number of carbonyl (C=O) groups excluding carboxylic acids is 5. The van der Waals surface area contributed by atoms with E-state index in [1.165, 1.54) is 15.9 Å². The van der Waals surface area contributed by atoms with E-state index in [0.717, 1.165) is 0 Å². The van der Waals surface area contributed by atoms with Crippen molar-refractivity contribution in [2.75, 3.05) is 38.2 Å². The Kier molecular flexibility index (Phi) is 12.2. The zero-order valence-electron chi connectivity index (χ0n) is 32.7. The summed E-state index contributed by atoms with van der Waals surface area (Å²) in [4.78, 5) is 73.6. The second-order valence-corrected chi connectivity index (χ2v) is 18.8. The van der Waals surface area contributed by atoms with Gasteiger partial charge in [-0.2, -0.15) is 0 Å². The Morgan fingerprint density at radius 3 is 2.29 bits per heavy atom. The number of carbonyl (C=O) groups is 5. The van der Waals surface area contributed by atoms with Crippen molar-refractivity contribution in [3.63, 3.8) is 0 Å². The number of amides is 5. The molecule has 5 amide bonds. The first-order valence-electron chi connectivity index (χ1n) is 19.6. The highest BCUT2D eigenvalue weighted by atomic mass is 32.2. The molecule has 2 saturated carbocycles. The van der Waals surface area contributed by atoms with E-state index in [0.29, 0.717) is 67.9 Å². The topological polar surface area (TPSA) is 184 Å². The number of halogens is 1. The van der Waals surface area contributed by atoms with Crippen LogP contribution >= 0.6 is 0 Å². The summed E-state index contributed by atoms with van der Waals surface area (Å²) >= 11 is 0. The van der Waals surface area contributed by atoms with Crippen LogP contribution in [-0.4, -0.2) is 115 Å². The van der Waals surface area contributed by atoms with E-state index in [4.69, 9.17) is 9.47 Å². The van der Waals surface area contributed by atoms with Gasteiger partial charge in [0.15, 0.2) is 0 Å². The normalized spacial score (nSPS) is 24.6. The van der Waals surface area contributed by atoms with Gasteiger partial charge in [0.05, 0.1) is 31.6 Å². The lowest BCUT2D eigenvalue weighted by Gasteiger charge is -2.36. The average Bonchev–Trinajstić information content (AvgIpc) is 4.07. The lowest BCUT2D eigenvalue weighted by molar-refractivity contribution is -0.141. The monoisotopic (exact) mass is 826 g/mol. The molecule has 5 aliphatic rings. The van der Waals surface area contributed by atoms with Crippen LogP contribution in [-0.2, 0) is 47.0 Å². The quantitative estimate of drug-likeness (QED) is 0.302. The van der Waals surface area contributed by atoms with Crippen LogP contribution in [0.4, 0.5) is 14.9 Å². The van der Waals surface area contributed by atoms with Crippen molar-refractivity contribution >= 4 is 45.4 Å². The second-order valence-electron chi connectivity index (χ2n) is 16.9. The van der Waals surface area contributed by atoms with E-state index in [2.05, 4.69) is 15.4 Å². The molecule has 2 aliphatic carbocycles. The molecule has 15 nitrogen and oxygen atoms in total. The number of rotatable bonds is 11. The molecule has 0 bridgehead atoms. The van der Waals surface area contributed by atoms with Crippen LogP contribution in [0.3, 0.4) is 0 Å². The molecular formula is C41H55FN6O9S. The Bertz CT molecular complexity index is 2030. The predicted molar refractivity (Wildman–Crippen MR) is 212 cm³/mol. The molecule has 5 atom stereocenters. The van der Waals surface area contributed by atoms with E-state index >= 15 is 0 Å². The fourth-order valence-electron chi connectivity index (χ4n) is 8.04. The first-order chi connectivity index (χ1) is 27.0. The minimum Gasteiger partial charge on any atom is -0.444 e. The fraction of sp³-hybridized carbons (Fsp3) is 0.585.